The fourth-order valence-electron chi connectivity index (χ4n) is 12.0. The largest absolute Gasteiger partial charge is 0.396 e. The predicted molar refractivity (Wildman–Crippen MR) is 133 cm³/mol. The zero-order valence-electron chi connectivity index (χ0n) is 22.4. The molecule has 4 nitrogen and oxygen atoms in total. The van der Waals surface area contributed by atoms with Crippen molar-refractivity contribution < 1.29 is 20.1 Å². The van der Waals surface area contributed by atoms with Crippen molar-refractivity contribution in [2.75, 3.05) is 19.8 Å². The molecule has 12 atom stereocenters. The summed E-state index contributed by atoms with van der Waals surface area (Å²) in [5.74, 6) is 2.89. The van der Waals surface area contributed by atoms with Crippen LogP contribution in [0.4, 0.5) is 0 Å². The maximum atomic E-state index is 11.0. The van der Waals surface area contributed by atoms with E-state index in [1.807, 2.05) is 0 Å². The van der Waals surface area contributed by atoms with Crippen molar-refractivity contribution in [2.45, 2.75) is 111 Å². The molecule has 194 valence electrons. The third-order valence-electron chi connectivity index (χ3n) is 14.4. The molecule has 3 N–H and O–H groups in total. The zero-order valence-corrected chi connectivity index (χ0v) is 22.4. The van der Waals surface area contributed by atoms with Crippen molar-refractivity contribution in [1.82, 2.24) is 0 Å². The number of epoxide rings is 1. The molecule has 0 aromatic carbocycles. The van der Waals surface area contributed by atoms with Gasteiger partial charge in [0.15, 0.2) is 0 Å². The lowest BCUT2D eigenvalue weighted by atomic mass is 9.32. The van der Waals surface area contributed by atoms with Crippen molar-refractivity contribution in [3.05, 3.63) is 0 Å². The van der Waals surface area contributed by atoms with Crippen LogP contribution in [0, 0.1) is 56.7 Å². The standard InChI is InChI=1S/C30H50O4/c1-25-11-10-23(33)26(2,16-31)21(25)9-12-28(4)22(25)7-6-19-24-20(29(5)18-34-29)8-13-30(24,17-32)15-14-27(19,28)3/h19-24,31-33H,6-18H2,1-5H3/t19?,20-,21?,22?,23+,24?,25+,26+,27-,28-,29?,30-/m1/s1. The van der Waals surface area contributed by atoms with E-state index >= 15 is 0 Å². The van der Waals surface area contributed by atoms with E-state index in [2.05, 4.69) is 34.6 Å². The maximum Gasteiger partial charge on any atom is 0.0919 e. The summed E-state index contributed by atoms with van der Waals surface area (Å²) >= 11 is 0. The van der Waals surface area contributed by atoms with E-state index in [1.165, 1.54) is 44.9 Å². The lowest BCUT2D eigenvalue weighted by Crippen LogP contribution is -2.67. The summed E-state index contributed by atoms with van der Waals surface area (Å²) < 4.78 is 6.07. The number of hydrogen-bond acceptors (Lipinski definition) is 4. The number of aliphatic hydroxyl groups is 3. The number of hydrogen-bond donors (Lipinski definition) is 3. The van der Waals surface area contributed by atoms with E-state index in [0.717, 1.165) is 25.9 Å². The molecule has 6 aliphatic rings. The van der Waals surface area contributed by atoms with Crippen molar-refractivity contribution in [2.24, 2.45) is 56.7 Å². The Hall–Kier alpha value is -0.160. The fraction of sp³-hybridized carbons (Fsp3) is 1.00. The molecule has 4 heteroatoms. The molecule has 5 aliphatic carbocycles. The summed E-state index contributed by atoms with van der Waals surface area (Å²) in [4.78, 5) is 0. The molecule has 1 aliphatic heterocycles. The quantitative estimate of drug-likeness (QED) is 0.493. The van der Waals surface area contributed by atoms with Gasteiger partial charge in [0, 0.05) is 12.0 Å². The van der Waals surface area contributed by atoms with Crippen LogP contribution in [0.1, 0.15) is 98.8 Å². The zero-order chi connectivity index (χ0) is 24.4. The first-order chi connectivity index (χ1) is 15.9. The number of rotatable bonds is 3. The van der Waals surface area contributed by atoms with E-state index in [1.54, 1.807) is 0 Å². The Bertz CT molecular complexity index is 840. The van der Waals surface area contributed by atoms with Crippen molar-refractivity contribution in [3.8, 4) is 0 Å². The van der Waals surface area contributed by atoms with Gasteiger partial charge in [0.1, 0.15) is 0 Å². The lowest BCUT2D eigenvalue weighted by Gasteiger charge is -2.73. The topological polar surface area (TPSA) is 73.2 Å². The van der Waals surface area contributed by atoms with Crippen LogP contribution in [0.3, 0.4) is 0 Å². The minimum atomic E-state index is -0.384. The SMILES string of the molecule is CC1([C@@H]2CC[C@]3(CO)CC[C@]4(C)C(CCC5[C@@]6(C)CC[C@H](O)[C@@](C)(CO)C6CC[C@]54C)C23)CO1. The molecule has 1 heterocycles. The van der Waals surface area contributed by atoms with Crippen LogP contribution in [-0.2, 0) is 4.74 Å². The first kappa shape index (κ1) is 24.2. The molecule has 5 saturated carbocycles. The second kappa shape index (κ2) is 7.23. The molecular weight excluding hydrogens is 424 g/mol. The third kappa shape index (κ3) is 2.70. The average molecular weight is 475 g/mol. The van der Waals surface area contributed by atoms with Gasteiger partial charge in [-0.05, 0) is 122 Å². The van der Waals surface area contributed by atoms with Crippen LogP contribution in [0.15, 0.2) is 0 Å². The maximum absolute atomic E-state index is 11.0. The highest BCUT2D eigenvalue weighted by atomic mass is 16.6. The molecule has 34 heavy (non-hydrogen) atoms. The Morgan fingerprint density at radius 3 is 2.09 bits per heavy atom. The van der Waals surface area contributed by atoms with Gasteiger partial charge < -0.3 is 20.1 Å². The normalized spacial score (nSPS) is 62.8. The number of aliphatic hydroxyl groups excluding tert-OH is 3. The summed E-state index contributed by atoms with van der Waals surface area (Å²) in [5, 5.41) is 32.1. The van der Waals surface area contributed by atoms with Gasteiger partial charge >= 0.3 is 0 Å². The molecule has 0 aromatic rings. The lowest BCUT2D eigenvalue weighted by molar-refractivity contribution is -0.257. The second-order valence-corrected chi connectivity index (χ2v) is 15.2. The molecule has 6 fully saturated rings. The van der Waals surface area contributed by atoms with Gasteiger partial charge in [-0.3, -0.25) is 0 Å². The third-order valence-corrected chi connectivity index (χ3v) is 14.4. The van der Waals surface area contributed by atoms with E-state index in [4.69, 9.17) is 4.74 Å². The predicted octanol–water partition coefficient (Wildman–Crippen LogP) is 5.18. The van der Waals surface area contributed by atoms with Crippen LogP contribution < -0.4 is 0 Å². The molecule has 1 saturated heterocycles. The molecule has 0 bridgehead atoms. The van der Waals surface area contributed by atoms with E-state index in [-0.39, 0.29) is 45.4 Å². The van der Waals surface area contributed by atoms with Crippen molar-refractivity contribution in [3.63, 3.8) is 0 Å². The molecular formula is C30H50O4. The van der Waals surface area contributed by atoms with Gasteiger partial charge in [-0.25, -0.2) is 0 Å². The van der Waals surface area contributed by atoms with Crippen LogP contribution in [-0.4, -0.2) is 46.8 Å². The van der Waals surface area contributed by atoms with E-state index < -0.39 is 0 Å². The summed E-state index contributed by atoms with van der Waals surface area (Å²) in [6.07, 6.45) is 11.2. The highest BCUT2D eigenvalue weighted by molar-refractivity contribution is 5.21. The van der Waals surface area contributed by atoms with E-state index in [0.29, 0.717) is 36.2 Å². The first-order valence-corrected chi connectivity index (χ1v) is 14.5. The Morgan fingerprint density at radius 1 is 0.706 bits per heavy atom. The molecule has 0 aromatic heterocycles. The highest BCUT2D eigenvalue weighted by Crippen LogP contribution is 2.78. The Kier molecular flexibility index (Phi) is 5.15. The fourth-order valence-corrected chi connectivity index (χ4v) is 12.0. The Labute approximate surface area is 207 Å². The first-order valence-electron chi connectivity index (χ1n) is 14.5. The molecule has 0 radical (unpaired) electrons. The molecule has 5 unspecified atom stereocenters. The van der Waals surface area contributed by atoms with Gasteiger partial charge in [0.05, 0.1) is 24.9 Å². The van der Waals surface area contributed by atoms with Gasteiger partial charge in [0.2, 0.25) is 0 Å². The summed E-state index contributed by atoms with van der Waals surface area (Å²) in [7, 11) is 0. The van der Waals surface area contributed by atoms with Gasteiger partial charge in [-0.2, -0.15) is 0 Å². The smallest absolute Gasteiger partial charge is 0.0919 e. The Morgan fingerprint density at radius 2 is 1.44 bits per heavy atom. The van der Waals surface area contributed by atoms with Gasteiger partial charge in [-0.1, -0.05) is 27.7 Å². The van der Waals surface area contributed by atoms with Crippen LogP contribution >= 0.6 is 0 Å². The number of ether oxygens (including phenoxy) is 1. The minimum Gasteiger partial charge on any atom is -0.396 e. The van der Waals surface area contributed by atoms with Crippen LogP contribution in [0.2, 0.25) is 0 Å². The van der Waals surface area contributed by atoms with Crippen molar-refractivity contribution >= 4 is 0 Å². The van der Waals surface area contributed by atoms with E-state index in [9.17, 15) is 15.3 Å². The second-order valence-electron chi connectivity index (χ2n) is 15.2. The average Bonchev–Trinajstić information content (AvgIpc) is 3.43. The summed E-state index contributed by atoms with van der Waals surface area (Å²) in [5.41, 5.74) is 0.526. The number of fused-ring (bicyclic) bond motifs is 7. The monoisotopic (exact) mass is 474 g/mol. The van der Waals surface area contributed by atoms with Crippen LogP contribution in [0.5, 0.6) is 0 Å². The molecule has 6 rings (SSSR count). The highest BCUT2D eigenvalue weighted by Gasteiger charge is 2.72. The Balaban J connectivity index is 1.39. The summed E-state index contributed by atoms with van der Waals surface area (Å²) in [6, 6.07) is 0. The summed E-state index contributed by atoms with van der Waals surface area (Å²) in [6.45, 7) is 13.6. The minimum absolute atomic E-state index is 0.0453. The van der Waals surface area contributed by atoms with Gasteiger partial charge in [-0.15, -0.1) is 0 Å². The van der Waals surface area contributed by atoms with Gasteiger partial charge in [0.25, 0.3) is 0 Å². The molecule has 0 spiro atoms. The van der Waals surface area contributed by atoms with Crippen LogP contribution in [0.25, 0.3) is 0 Å². The van der Waals surface area contributed by atoms with Crippen molar-refractivity contribution in [1.29, 1.82) is 0 Å². The molecule has 0 amide bonds.